The van der Waals surface area contributed by atoms with Crippen molar-refractivity contribution in [3.8, 4) is 0 Å². The Morgan fingerprint density at radius 2 is 2.28 bits per heavy atom. The van der Waals surface area contributed by atoms with E-state index in [1.54, 1.807) is 6.20 Å². The molecule has 0 saturated carbocycles. The molecular weight excluding hydrogens is 314 g/mol. The van der Waals surface area contributed by atoms with Gasteiger partial charge < -0.3 is 20.7 Å². The van der Waals surface area contributed by atoms with Crippen LogP contribution in [0.15, 0.2) is 30.6 Å². The first-order chi connectivity index (χ1) is 12.3. The van der Waals surface area contributed by atoms with Gasteiger partial charge in [0.1, 0.15) is 17.5 Å². The summed E-state index contributed by atoms with van der Waals surface area (Å²) in [5.41, 5.74) is 3.51. The predicted molar refractivity (Wildman–Crippen MR) is 99.8 cm³/mol. The maximum absolute atomic E-state index is 5.71. The summed E-state index contributed by atoms with van der Waals surface area (Å²) >= 11 is 0. The zero-order chi connectivity index (χ0) is 17.1. The van der Waals surface area contributed by atoms with Crippen molar-refractivity contribution in [2.75, 3.05) is 23.8 Å². The molecule has 0 amide bonds. The topological polar surface area (TPSA) is 71.1 Å². The third-order valence-corrected chi connectivity index (χ3v) is 4.51. The maximum Gasteiger partial charge on any atom is 0.134 e. The summed E-state index contributed by atoms with van der Waals surface area (Å²) in [6.45, 7) is 4.48. The molecule has 1 fully saturated rings. The van der Waals surface area contributed by atoms with Crippen molar-refractivity contribution in [2.24, 2.45) is 0 Å². The van der Waals surface area contributed by atoms with Gasteiger partial charge in [0.2, 0.25) is 0 Å². The van der Waals surface area contributed by atoms with Crippen molar-refractivity contribution in [3.63, 3.8) is 0 Å². The Hall–Kier alpha value is -2.60. The standard InChI is InChI=1S/C19H23N5O/c1-13-4-7-21-17(9-13)23-18-10-14-5-6-20-12-16(14)19(24-18)22-11-15-3-2-8-25-15/h4-7,9-10,15,20H,2-3,8,11-12H2,1H3,(H2,21,22,23,24)/t15-/m1/s1. The van der Waals surface area contributed by atoms with Crippen LogP contribution in [0.2, 0.25) is 0 Å². The molecule has 0 bridgehead atoms. The molecule has 2 aromatic heterocycles. The molecule has 1 atom stereocenters. The minimum absolute atomic E-state index is 0.277. The van der Waals surface area contributed by atoms with Crippen molar-refractivity contribution < 1.29 is 4.74 Å². The third-order valence-electron chi connectivity index (χ3n) is 4.51. The van der Waals surface area contributed by atoms with Crippen LogP contribution in [0, 0.1) is 6.92 Å². The molecule has 4 rings (SSSR count). The number of anilines is 3. The number of rotatable bonds is 5. The van der Waals surface area contributed by atoms with Gasteiger partial charge in [-0.3, -0.25) is 0 Å². The number of nitrogens with one attached hydrogen (secondary N) is 3. The Morgan fingerprint density at radius 3 is 3.12 bits per heavy atom. The molecule has 4 heterocycles. The fourth-order valence-electron chi connectivity index (χ4n) is 3.20. The largest absolute Gasteiger partial charge is 0.387 e. The van der Waals surface area contributed by atoms with Crippen LogP contribution >= 0.6 is 0 Å². The quantitative estimate of drug-likeness (QED) is 0.778. The molecule has 2 aliphatic rings. The fraction of sp³-hybridized carbons (Fsp3) is 0.368. The predicted octanol–water partition coefficient (Wildman–Crippen LogP) is 3.19. The van der Waals surface area contributed by atoms with Gasteiger partial charge in [-0.25, -0.2) is 9.97 Å². The summed E-state index contributed by atoms with van der Waals surface area (Å²) in [5, 5.41) is 10.1. The number of fused-ring (bicyclic) bond motifs is 1. The highest BCUT2D eigenvalue weighted by atomic mass is 16.5. The summed E-state index contributed by atoms with van der Waals surface area (Å²) in [6, 6.07) is 6.06. The second kappa shape index (κ2) is 7.11. The summed E-state index contributed by atoms with van der Waals surface area (Å²) in [5.74, 6) is 2.49. The van der Waals surface area contributed by atoms with E-state index in [1.165, 1.54) is 11.1 Å². The fourth-order valence-corrected chi connectivity index (χ4v) is 3.20. The number of aromatic nitrogens is 2. The molecule has 6 nitrogen and oxygen atoms in total. The molecule has 0 aliphatic carbocycles. The van der Waals surface area contributed by atoms with Gasteiger partial charge in [0.25, 0.3) is 0 Å². The van der Waals surface area contributed by atoms with E-state index in [2.05, 4.69) is 40.0 Å². The smallest absolute Gasteiger partial charge is 0.134 e. The Kier molecular flexibility index (Phi) is 4.52. The molecule has 0 aromatic carbocycles. The number of hydrogen-bond acceptors (Lipinski definition) is 6. The maximum atomic E-state index is 5.71. The lowest BCUT2D eigenvalue weighted by molar-refractivity contribution is 0.120. The molecule has 0 radical (unpaired) electrons. The highest BCUT2D eigenvalue weighted by Crippen LogP contribution is 2.27. The molecule has 6 heteroatoms. The van der Waals surface area contributed by atoms with E-state index in [0.29, 0.717) is 0 Å². The van der Waals surface area contributed by atoms with E-state index in [-0.39, 0.29) is 6.10 Å². The number of aryl methyl sites for hydroxylation is 1. The van der Waals surface area contributed by atoms with Crippen molar-refractivity contribution in [1.82, 2.24) is 15.3 Å². The Labute approximate surface area is 147 Å². The van der Waals surface area contributed by atoms with Crippen molar-refractivity contribution >= 4 is 23.5 Å². The molecule has 2 aromatic rings. The zero-order valence-electron chi connectivity index (χ0n) is 14.4. The van der Waals surface area contributed by atoms with Crippen molar-refractivity contribution in [2.45, 2.75) is 32.4 Å². The van der Waals surface area contributed by atoms with Crippen LogP contribution in [-0.4, -0.2) is 29.2 Å². The molecule has 2 aliphatic heterocycles. The van der Waals surface area contributed by atoms with E-state index in [0.717, 1.165) is 55.6 Å². The van der Waals surface area contributed by atoms with Crippen LogP contribution < -0.4 is 16.0 Å². The monoisotopic (exact) mass is 337 g/mol. The van der Waals surface area contributed by atoms with Crippen molar-refractivity contribution in [3.05, 3.63) is 47.3 Å². The molecule has 3 N–H and O–H groups in total. The van der Waals surface area contributed by atoms with Gasteiger partial charge >= 0.3 is 0 Å². The number of pyridine rings is 2. The van der Waals surface area contributed by atoms with Crippen LogP contribution in [0.5, 0.6) is 0 Å². The summed E-state index contributed by atoms with van der Waals surface area (Å²) < 4.78 is 5.71. The van der Waals surface area contributed by atoms with Crippen LogP contribution in [0.25, 0.3) is 6.08 Å². The normalized spacial score (nSPS) is 18.5. The molecule has 25 heavy (non-hydrogen) atoms. The molecule has 0 unspecified atom stereocenters. The molecule has 130 valence electrons. The van der Waals surface area contributed by atoms with Gasteiger partial charge in [-0.15, -0.1) is 0 Å². The first-order valence-electron chi connectivity index (χ1n) is 8.77. The van der Waals surface area contributed by atoms with Gasteiger partial charge in [-0.05, 0) is 61.4 Å². The van der Waals surface area contributed by atoms with E-state index >= 15 is 0 Å². The Balaban J connectivity index is 1.59. The van der Waals surface area contributed by atoms with E-state index < -0.39 is 0 Å². The SMILES string of the molecule is Cc1ccnc(Nc2cc3c(c(NC[C@H]4CCCO4)n2)CNC=C3)c1. The lowest BCUT2D eigenvalue weighted by Crippen LogP contribution is -2.22. The number of ether oxygens (including phenoxy) is 1. The molecular formula is C19H23N5O. The minimum Gasteiger partial charge on any atom is -0.387 e. The summed E-state index contributed by atoms with van der Waals surface area (Å²) in [7, 11) is 0. The van der Waals surface area contributed by atoms with Gasteiger partial charge in [-0.2, -0.15) is 0 Å². The van der Waals surface area contributed by atoms with Crippen LogP contribution in [0.4, 0.5) is 17.5 Å². The zero-order valence-corrected chi connectivity index (χ0v) is 14.4. The van der Waals surface area contributed by atoms with Gasteiger partial charge in [0.15, 0.2) is 0 Å². The van der Waals surface area contributed by atoms with Crippen LogP contribution in [0.1, 0.15) is 29.5 Å². The Morgan fingerprint density at radius 1 is 1.32 bits per heavy atom. The Bertz CT molecular complexity index is 783. The second-order valence-electron chi connectivity index (χ2n) is 6.50. The van der Waals surface area contributed by atoms with Gasteiger partial charge in [0, 0.05) is 31.5 Å². The summed E-state index contributed by atoms with van der Waals surface area (Å²) in [4.78, 5) is 9.14. The summed E-state index contributed by atoms with van der Waals surface area (Å²) in [6.07, 6.45) is 8.38. The van der Waals surface area contributed by atoms with E-state index in [9.17, 15) is 0 Å². The number of hydrogen-bond donors (Lipinski definition) is 3. The molecule has 1 saturated heterocycles. The number of nitrogens with zero attached hydrogens (tertiary/aromatic N) is 2. The van der Waals surface area contributed by atoms with Crippen molar-refractivity contribution in [1.29, 1.82) is 0 Å². The van der Waals surface area contributed by atoms with Gasteiger partial charge in [0.05, 0.1) is 6.10 Å². The van der Waals surface area contributed by atoms with E-state index in [4.69, 9.17) is 9.72 Å². The molecule has 0 spiro atoms. The average Bonchev–Trinajstić information content (AvgIpc) is 3.13. The average molecular weight is 337 g/mol. The minimum atomic E-state index is 0.277. The highest BCUT2D eigenvalue weighted by molar-refractivity contribution is 5.69. The first kappa shape index (κ1) is 15.9. The van der Waals surface area contributed by atoms with E-state index in [1.807, 2.05) is 18.3 Å². The highest BCUT2D eigenvalue weighted by Gasteiger charge is 2.18. The second-order valence-corrected chi connectivity index (χ2v) is 6.50. The lowest BCUT2D eigenvalue weighted by Gasteiger charge is -2.20. The van der Waals surface area contributed by atoms with Crippen LogP contribution in [-0.2, 0) is 11.3 Å². The van der Waals surface area contributed by atoms with Gasteiger partial charge in [-0.1, -0.05) is 0 Å². The lowest BCUT2D eigenvalue weighted by atomic mass is 10.1. The third kappa shape index (κ3) is 3.74. The van der Waals surface area contributed by atoms with Crippen LogP contribution in [0.3, 0.4) is 0 Å². The first-order valence-corrected chi connectivity index (χ1v) is 8.77.